The maximum Gasteiger partial charge on any atom is 0.0277 e. The quantitative estimate of drug-likeness (QED) is 0.643. The summed E-state index contributed by atoms with van der Waals surface area (Å²) in [5.41, 5.74) is 0.170. The average molecular weight is 158 g/mol. The van der Waals surface area contributed by atoms with E-state index in [1.807, 2.05) is 14.1 Å². The molecule has 0 aliphatic carbocycles. The van der Waals surface area contributed by atoms with Crippen molar-refractivity contribution in [2.24, 2.45) is 5.92 Å². The Balaban J connectivity index is 4.23. The van der Waals surface area contributed by atoms with E-state index in [4.69, 9.17) is 0 Å². The van der Waals surface area contributed by atoms with Crippen molar-refractivity contribution in [1.29, 1.82) is 0 Å². The summed E-state index contributed by atoms with van der Waals surface area (Å²) in [4.78, 5) is 0. The van der Waals surface area contributed by atoms with Crippen LogP contribution in [0.5, 0.6) is 0 Å². The second kappa shape index (κ2) is 4.07. The van der Waals surface area contributed by atoms with E-state index in [0.717, 1.165) is 0 Å². The molecule has 0 aliphatic rings. The maximum atomic E-state index is 3.33. The Morgan fingerprint density at radius 1 is 1.09 bits per heavy atom. The van der Waals surface area contributed by atoms with Crippen molar-refractivity contribution < 1.29 is 0 Å². The number of likely N-dealkylation sites (N-methyl/N-ethyl adjacent to an activating group) is 2. The molecule has 2 heteroatoms. The lowest BCUT2D eigenvalue weighted by atomic mass is 9.86. The van der Waals surface area contributed by atoms with Gasteiger partial charge in [0.25, 0.3) is 0 Å². The van der Waals surface area contributed by atoms with Gasteiger partial charge < -0.3 is 10.6 Å². The van der Waals surface area contributed by atoms with E-state index < -0.39 is 0 Å². The van der Waals surface area contributed by atoms with Crippen LogP contribution in [0.2, 0.25) is 0 Å². The summed E-state index contributed by atoms with van der Waals surface area (Å²) < 4.78 is 0. The molecule has 0 saturated heterocycles. The minimum atomic E-state index is 0.170. The number of hydrogen-bond donors (Lipinski definition) is 2. The van der Waals surface area contributed by atoms with Crippen LogP contribution in [-0.2, 0) is 0 Å². The van der Waals surface area contributed by atoms with E-state index in [1.54, 1.807) is 0 Å². The molecule has 0 aliphatic heterocycles. The summed E-state index contributed by atoms with van der Waals surface area (Å²) in [5, 5.41) is 6.64. The highest BCUT2D eigenvalue weighted by atomic mass is 15.0. The molecule has 0 fully saturated rings. The van der Waals surface area contributed by atoms with E-state index in [2.05, 4.69) is 38.3 Å². The van der Waals surface area contributed by atoms with Gasteiger partial charge in [-0.2, -0.15) is 0 Å². The molecule has 0 rings (SSSR count). The topological polar surface area (TPSA) is 24.1 Å². The summed E-state index contributed by atoms with van der Waals surface area (Å²) >= 11 is 0. The third-order valence-electron chi connectivity index (χ3n) is 2.40. The van der Waals surface area contributed by atoms with Gasteiger partial charge in [0.2, 0.25) is 0 Å². The molecule has 68 valence electrons. The van der Waals surface area contributed by atoms with Gasteiger partial charge >= 0.3 is 0 Å². The van der Waals surface area contributed by atoms with Crippen LogP contribution in [0, 0.1) is 5.92 Å². The van der Waals surface area contributed by atoms with E-state index in [-0.39, 0.29) is 5.54 Å². The minimum absolute atomic E-state index is 0.170. The van der Waals surface area contributed by atoms with Crippen molar-refractivity contribution in [1.82, 2.24) is 10.6 Å². The van der Waals surface area contributed by atoms with Crippen molar-refractivity contribution in [3.63, 3.8) is 0 Å². The molecule has 0 saturated carbocycles. The van der Waals surface area contributed by atoms with Crippen molar-refractivity contribution in [2.75, 3.05) is 14.1 Å². The van der Waals surface area contributed by atoms with Crippen LogP contribution >= 0.6 is 0 Å². The molecule has 1 atom stereocenters. The molecule has 0 heterocycles. The smallest absolute Gasteiger partial charge is 0.0277 e. The highest BCUT2D eigenvalue weighted by Crippen LogP contribution is 2.15. The van der Waals surface area contributed by atoms with Crippen molar-refractivity contribution in [3.8, 4) is 0 Å². The second-order valence-corrected chi connectivity index (χ2v) is 3.98. The standard InChI is InChI=1S/C9H22N2/c1-7(2)8(10-5)9(3,4)11-6/h7-8,10-11H,1-6H3. The van der Waals surface area contributed by atoms with Gasteiger partial charge in [-0.05, 0) is 33.9 Å². The minimum Gasteiger partial charge on any atom is -0.315 e. The number of rotatable bonds is 4. The molecule has 2 N–H and O–H groups in total. The molecule has 0 aromatic heterocycles. The van der Waals surface area contributed by atoms with Gasteiger partial charge in [0.15, 0.2) is 0 Å². The summed E-state index contributed by atoms with van der Waals surface area (Å²) in [6.45, 7) is 8.91. The van der Waals surface area contributed by atoms with Gasteiger partial charge in [-0.15, -0.1) is 0 Å². The highest BCUT2D eigenvalue weighted by molar-refractivity contribution is 4.91. The van der Waals surface area contributed by atoms with Gasteiger partial charge in [0, 0.05) is 11.6 Å². The predicted octanol–water partition coefficient (Wildman–Crippen LogP) is 1.23. The van der Waals surface area contributed by atoms with Crippen LogP contribution in [0.15, 0.2) is 0 Å². The molecular weight excluding hydrogens is 136 g/mol. The zero-order chi connectivity index (χ0) is 9.07. The zero-order valence-electron chi connectivity index (χ0n) is 8.65. The van der Waals surface area contributed by atoms with Gasteiger partial charge in [0.05, 0.1) is 0 Å². The summed E-state index contributed by atoms with van der Waals surface area (Å²) in [6.07, 6.45) is 0. The summed E-state index contributed by atoms with van der Waals surface area (Å²) in [7, 11) is 4.02. The first-order chi connectivity index (χ1) is 4.95. The molecule has 0 aromatic carbocycles. The fourth-order valence-electron chi connectivity index (χ4n) is 1.68. The molecule has 0 amide bonds. The molecule has 1 unspecified atom stereocenters. The van der Waals surface area contributed by atoms with Crippen molar-refractivity contribution >= 4 is 0 Å². The zero-order valence-corrected chi connectivity index (χ0v) is 8.65. The molecule has 0 bridgehead atoms. The molecular formula is C9H22N2. The lowest BCUT2D eigenvalue weighted by molar-refractivity contribution is 0.248. The van der Waals surface area contributed by atoms with Gasteiger partial charge in [0.1, 0.15) is 0 Å². The van der Waals surface area contributed by atoms with Gasteiger partial charge in [-0.25, -0.2) is 0 Å². The van der Waals surface area contributed by atoms with E-state index in [0.29, 0.717) is 12.0 Å². The Morgan fingerprint density at radius 3 is 1.64 bits per heavy atom. The first kappa shape index (κ1) is 10.9. The third-order valence-corrected chi connectivity index (χ3v) is 2.40. The first-order valence-electron chi connectivity index (χ1n) is 4.32. The fraction of sp³-hybridized carbons (Fsp3) is 1.00. The number of nitrogens with one attached hydrogen (secondary N) is 2. The summed E-state index contributed by atoms with van der Waals surface area (Å²) in [5.74, 6) is 0.655. The van der Waals surface area contributed by atoms with Gasteiger partial charge in [-0.1, -0.05) is 13.8 Å². The first-order valence-corrected chi connectivity index (χ1v) is 4.32. The van der Waals surface area contributed by atoms with Crippen LogP contribution in [0.25, 0.3) is 0 Å². The monoisotopic (exact) mass is 158 g/mol. The number of hydrogen-bond acceptors (Lipinski definition) is 2. The van der Waals surface area contributed by atoms with Crippen molar-refractivity contribution in [3.05, 3.63) is 0 Å². The average Bonchev–Trinajstić information content (AvgIpc) is 1.88. The molecule has 2 nitrogen and oxygen atoms in total. The molecule has 0 aromatic rings. The van der Waals surface area contributed by atoms with E-state index in [1.165, 1.54) is 0 Å². The van der Waals surface area contributed by atoms with Gasteiger partial charge in [-0.3, -0.25) is 0 Å². The fourth-order valence-corrected chi connectivity index (χ4v) is 1.68. The Morgan fingerprint density at radius 2 is 1.55 bits per heavy atom. The van der Waals surface area contributed by atoms with Crippen LogP contribution in [0.3, 0.4) is 0 Å². The van der Waals surface area contributed by atoms with Crippen LogP contribution < -0.4 is 10.6 Å². The van der Waals surface area contributed by atoms with E-state index in [9.17, 15) is 0 Å². The third kappa shape index (κ3) is 2.80. The second-order valence-electron chi connectivity index (χ2n) is 3.98. The Labute approximate surface area is 70.8 Å². The maximum absolute atomic E-state index is 3.33. The van der Waals surface area contributed by atoms with Crippen LogP contribution in [0.1, 0.15) is 27.7 Å². The molecule has 0 radical (unpaired) electrons. The molecule has 0 spiro atoms. The summed E-state index contributed by atoms with van der Waals surface area (Å²) in [6, 6.07) is 0.521. The lowest BCUT2D eigenvalue weighted by Gasteiger charge is -2.36. The Kier molecular flexibility index (Phi) is 4.04. The van der Waals surface area contributed by atoms with Crippen LogP contribution in [0.4, 0.5) is 0 Å². The van der Waals surface area contributed by atoms with Crippen LogP contribution in [-0.4, -0.2) is 25.7 Å². The van der Waals surface area contributed by atoms with E-state index >= 15 is 0 Å². The van der Waals surface area contributed by atoms with Crippen molar-refractivity contribution in [2.45, 2.75) is 39.3 Å². The normalized spacial score (nSPS) is 15.5. The largest absolute Gasteiger partial charge is 0.315 e. The molecule has 11 heavy (non-hydrogen) atoms. The highest BCUT2D eigenvalue weighted by Gasteiger charge is 2.28. The Hall–Kier alpha value is -0.0800. The predicted molar refractivity (Wildman–Crippen MR) is 50.8 cm³/mol. The lowest BCUT2D eigenvalue weighted by Crippen LogP contribution is -2.56. The Bertz CT molecular complexity index is 108. The SMILES string of the molecule is CNC(C(C)C)C(C)(C)NC.